The van der Waals surface area contributed by atoms with Gasteiger partial charge in [0.25, 0.3) is 0 Å². The van der Waals surface area contributed by atoms with Crippen molar-refractivity contribution in [2.75, 3.05) is 5.88 Å². The van der Waals surface area contributed by atoms with Crippen LogP contribution in [0.2, 0.25) is 0 Å². The summed E-state index contributed by atoms with van der Waals surface area (Å²) in [6.07, 6.45) is 3.96. The Balaban J connectivity index is 2.02. The van der Waals surface area contributed by atoms with E-state index in [-0.39, 0.29) is 0 Å². The van der Waals surface area contributed by atoms with E-state index in [1.807, 2.05) is 12.1 Å². The lowest BCUT2D eigenvalue weighted by Crippen LogP contribution is -2.28. The van der Waals surface area contributed by atoms with Crippen LogP contribution < -0.4 is 4.74 Å². The van der Waals surface area contributed by atoms with Gasteiger partial charge in [0.15, 0.2) is 0 Å². The molecule has 1 fully saturated rings. The second kappa shape index (κ2) is 7.04. The zero-order valence-electron chi connectivity index (χ0n) is 12.6. The first-order chi connectivity index (χ1) is 9.60. The summed E-state index contributed by atoms with van der Waals surface area (Å²) in [4.78, 5) is 0. The van der Waals surface area contributed by atoms with Crippen molar-refractivity contribution in [3.63, 3.8) is 0 Å². The molecule has 1 aliphatic rings. The van der Waals surface area contributed by atoms with Crippen LogP contribution in [0.5, 0.6) is 5.75 Å². The Kier molecular flexibility index (Phi) is 5.38. The Morgan fingerprint density at radius 2 is 2.05 bits per heavy atom. The van der Waals surface area contributed by atoms with Crippen molar-refractivity contribution in [1.82, 2.24) is 0 Å². The van der Waals surface area contributed by atoms with E-state index in [1.165, 1.54) is 12.8 Å². The highest BCUT2D eigenvalue weighted by Crippen LogP contribution is 2.32. The van der Waals surface area contributed by atoms with E-state index in [0.717, 1.165) is 35.1 Å². The molecular weight excluding hydrogens is 268 g/mol. The molecule has 2 rings (SSSR count). The molecule has 108 valence electrons. The average Bonchev–Trinajstić information content (AvgIpc) is 2.42. The number of hydrogen-bond donors (Lipinski definition) is 0. The molecule has 3 unspecified atom stereocenters. The summed E-state index contributed by atoms with van der Waals surface area (Å²) in [5.74, 6) is 8.87. The highest BCUT2D eigenvalue weighted by Gasteiger charge is 2.25. The Hall–Kier alpha value is -1.13. The van der Waals surface area contributed by atoms with Crippen molar-refractivity contribution < 1.29 is 4.74 Å². The zero-order chi connectivity index (χ0) is 14.5. The van der Waals surface area contributed by atoms with Crippen molar-refractivity contribution in [2.45, 2.75) is 46.1 Å². The molecule has 0 aliphatic heterocycles. The summed E-state index contributed by atoms with van der Waals surface area (Å²) in [6, 6.07) is 6.13. The first kappa shape index (κ1) is 15.3. The first-order valence-electron chi connectivity index (χ1n) is 7.42. The second-order valence-electron chi connectivity index (χ2n) is 5.92. The van der Waals surface area contributed by atoms with Crippen LogP contribution in [0.15, 0.2) is 18.2 Å². The molecule has 1 aromatic carbocycles. The fraction of sp³-hybridized carbons (Fsp3) is 0.556. The number of hydrogen-bond acceptors (Lipinski definition) is 1. The van der Waals surface area contributed by atoms with Crippen LogP contribution in [0.3, 0.4) is 0 Å². The van der Waals surface area contributed by atoms with Crippen LogP contribution in [0.4, 0.5) is 0 Å². The van der Waals surface area contributed by atoms with Crippen molar-refractivity contribution >= 4 is 11.6 Å². The van der Waals surface area contributed by atoms with Gasteiger partial charge in [-0.15, -0.1) is 11.6 Å². The molecule has 1 aromatic rings. The standard InChI is InChI=1S/C18H23ClO/c1-13-6-8-17(11-14(13)2)20-18-9-7-16(5-4-10-19)15(3)12-18/h7,9,12-14,17H,6,8,10-11H2,1-3H3. The third kappa shape index (κ3) is 3.93. The number of halogens is 1. The van der Waals surface area contributed by atoms with Crippen LogP contribution in [0.25, 0.3) is 0 Å². The van der Waals surface area contributed by atoms with Gasteiger partial charge in [0, 0.05) is 5.56 Å². The minimum Gasteiger partial charge on any atom is -0.490 e. The topological polar surface area (TPSA) is 9.23 Å². The van der Waals surface area contributed by atoms with Gasteiger partial charge < -0.3 is 4.74 Å². The van der Waals surface area contributed by atoms with Gasteiger partial charge >= 0.3 is 0 Å². The number of ether oxygens (including phenoxy) is 1. The lowest BCUT2D eigenvalue weighted by Gasteiger charge is -2.32. The van der Waals surface area contributed by atoms with Crippen LogP contribution in [-0.2, 0) is 0 Å². The van der Waals surface area contributed by atoms with Gasteiger partial charge in [0.2, 0.25) is 0 Å². The van der Waals surface area contributed by atoms with Crippen molar-refractivity contribution in [1.29, 1.82) is 0 Å². The number of alkyl halides is 1. The van der Waals surface area contributed by atoms with Gasteiger partial charge in [-0.2, -0.15) is 0 Å². The molecule has 0 saturated heterocycles. The Morgan fingerprint density at radius 1 is 1.25 bits per heavy atom. The maximum atomic E-state index is 6.14. The summed E-state index contributed by atoms with van der Waals surface area (Å²) in [7, 11) is 0. The van der Waals surface area contributed by atoms with Crippen molar-refractivity contribution in [2.24, 2.45) is 11.8 Å². The molecule has 0 N–H and O–H groups in total. The van der Waals surface area contributed by atoms with E-state index in [0.29, 0.717) is 12.0 Å². The van der Waals surface area contributed by atoms with Gasteiger partial charge in [-0.05, 0) is 61.8 Å². The van der Waals surface area contributed by atoms with E-state index in [1.54, 1.807) is 0 Å². The smallest absolute Gasteiger partial charge is 0.120 e. The van der Waals surface area contributed by atoms with Crippen LogP contribution in [-0.4, -0.2) is 12.0 Å². The Bertz CT molecular complexity index is 512. The quantitative estimate of drug-likeness (QED) is 0.562. The van der Waals surface area contributed by atoms with Gasteiger partial charge in [0.1, 0.15) is 5.75 Å². The molecule has 0 heterocycles. The van der Waals surface area contributed by atoms with E-state index in [4.69, 9.17) is 16.3 Å². The summed E-state index contributed by atoms with van der Waals surface area (Å²) in [6.45, 7) is 6.74. The molecule has 0 amide bonds. The normalized spacial score (nSPS) is 25.7. The fourth-order valence-corrected chi connectivity index (χ4v) is 2.84. The molecule has 2 heteroatoms. The van der Waals surface area contributed by atoms with Crippen molar-refractivity contribution in [3.05, 3.63) is 29.3 Å². The van der Waals surface area contributed by atoms with Crippen LogP contribution >= 0.6 is 11.6 Å². The third-order valence-corrected chi connectivity index (χ3v) is 4.47. The molecule has 0 spiro atoms. The maximum Gasteiger partial charge on any atom is 0.120 e. The van der Waals surface area contributed by atoms with Gasteiger partial charge in [0.05, 0.1) is 12.0 Å². The SMILES string of the molecule is Cc1cc(OC2CCC(C)C(C)C2)ccc1C#CCCl. The number of aryl methyl sites for hydroxylation is 1. The molecule has 0 radical (unpaired) electrons. The van der Waals surface area contributed by atoms with E-state index < -0.39 is 0 Å². The maximum absolute atomic E-state index is 6.14. The Morgan fingerprint density at radius 3 is 2.70 bits per heavy atom. The second-order valence-corrected chi connectivity index (χ2v) is 6.19. The Labute approximate surface area is 127 Å². The number of rotatable bonds is 2. The zero-order valence-corrected chi connectivity index (χ0v) is 13.3. The minimum atomic E-state index is 0.361. The molecule has 0 bridgehead atoms. The van der Waals surface area contributed by atoms with Gasteiger partial charge in [-0.1, -0.05) is 25.7 Å². The predicted octanol–water partition coefficient (Wildman–Crippen LogP) is 4.79. The molecule has 1 saturated carbocycles. The minimum absolute atomic E-state index is 0.361. The van der Waals surface area contributed by atoms with E-state index >= 15 is 0 Å². The molecule has 1 aliphatic carbocycles. The molecule has 3 atom stereocenters. The van der Waals surface area contributed by atoms with Crippen molar-refractivity contribution in [3.8, 4) is 17.6 Å². The first-order valence-corrected chi connectivity index (χ1v) is 7.95. The molecular formula is C18H23ClO. The van der Waals surface area contributed by atoms with E-state index in [9.17, 15) is 0 Å². The van der Waals surface area contributed by atoms with Crippen LogP contribution in [0.1, 0.15) is 44.2 Å². The highest BCUT2D eigenvalue weighted by atomic mass is 35.5. The average molecular weight is 291 g/mol. The summed E-state index contributed by atoms with van der Waals surface area (Å²) in [5, 5.41) is 0. The largest absolute Gasteiger partial charge is 0.490 e. The summed E-state index contributed by atoms with van der Waals surface area (Å²) in [5.41, 5.74) is 2.18. The van der Waals surface area contributed by atoms with E-state index in [2.05, 4.69) is 38.7 Å². The third-order valence-electron chi connectivity index (χ3n) is 4.34. The van der Waals surface area contributed by atoms with Gasteiger partial charge in [-0.25, -0.2) is 0 Å². The summed E-state index contributed by atoms with van der Waals surface area (Å²) < 4.78 is 6.14. The predicted molar refractivity (Wildman–Crippen MR) is 85.4 cm³/mol. The van der Waals surface area contributed by atoms with Gasteiger partial charge in [-0.3, -0.25) is 0 Å². The lowest BCUT2D eigenvalue weighted by molar-refractivity contribution is 0.101. The van der Waals surface area contributed by atoms with Crippen LogP contribution in [0, 0.1) is 30.6 Å². The lowest BCUT2D eigenvalue weighted by atomic mass is 9.80. The molecule has 1 nitrogen and oxygen atoms in total. The summed E-state index contributed by atoms with van der Waals surface area (Å²) >= 11 is 5.59. The number of benzene rings is 1. The highest BCUT2D eigenvalue weighted by molar-refractivity contribution is 6.19. The monoisotopic (exact) mass is 290 g/mol. The molecule has 20 heavy (non-hydrogen) atoms. The fourth-order valence-electron chi connectivity index (χ4n) is 2.78. The molecule has 0 aromatic heterocycles.